The molecule has 3 heterocycles. The van der Waals surface area contributed by atoms with E-state index in [0.29, 0.717) is 18.1 Å². The number of nitrogens with zero attached hydrogens (tertiary/aromatic N) is 3. The molecule has 2 atom stereocenters. The first-order valence-corrected chi connectivity index (χ1v) is 13.5. The van der Waals surface area contributed by atoms with Crippen LogP contribution in [0.25, 0.3) is 5.69 Å². The number of hydrogen-bond donors (Lipinski definition) is 2. The molecule has 0 saturated carbocycles. The lowest BCUT2D eigenvalue weighted by Crippen LogP contribution is -2.33. The zero-order chi connectivity index (χ0) is 26.6. The predicted molar refractivity (Wildman–Crippen MR) is 157 cm³/mol. The van der Waals surface area contributed by atoms with Crippen molar-refractivity contribution in [3.63, 3.8) is 0 Å². The third kappa shape index (κ3) is 5.30. The molecule has 0 spiro atoms. The Bertz CT molecular complexity index is 1450. The highest BCUT2D eigenvalue weighted by atomic mass is 35.5. The minimum atomic E-state index is -0.172. The van der Waals surface area contributed by atoms with Gasteiger partial charge in [-0.1, -0.05) is 42.8 Å². The van der Waals surface area contributed by atoms with Gasteiger partial charge in [0.25, 0.3) is 0 Å². The van der Waals surface area contributed by atoms with Crippen LogP contribution in [0.15, 0.2) is 85.2 Å². The number of aromatic nitrogens is 2. The quantitative estimate of drug-likeness (QED) is 0.252. The molecule has 1 amide bonds. The van der Waals surface area contributed by atoms with E-state index < -0.39 is 0 Å². The van der Waals surface area contributed by atoms with Crippen LogP contribution in [0, 0.1) is 6.92 Å². The zero-order valence-corrected chi connectivity index (χ0v) is 23.0. The van der Waals surface area contributed by atoms with Crippen LogP contribution < -0.4 is 10.6 Å². The molecule has 1 saturated heterocycles. The smallest absolute Gasteiger partial charge is 0.226 e. The van der Waals surface area contributed by atoms with E-state index in [0.717, 1.165) is 45.3 Å². The fourth-order valence-electron chi connectivity index (χ4n) is 5.00. The van der Waals surface area contributed by atoms with E-state index in [2.05, 4.69) is 44.1 Å². The number of carbonyl (C=O) groups is 1. The number of para-hydroxylation sites is 1. The number of hydrogen-bond acceptors (Lipinski definition) is 3. The number of anilines is 1. The molecule has 2 aromatic heterocycles. The number of aryl methyl sites for hydroxylation is 2. The van der Waals surface area contributed by atoms with Crippen molar-refractivity contribution in [2.24, 2.45) is 0 Å². The second-order valence-electron chi connectivity index (χ2n) is 9.37. The van der Waals surface area contributed by atoms with Crippen molar-refractivity contribution in [2.45, 2.75) is 38.8 Å². The van der Waals surface area contributed by atoms with Crippen LogP contribution in [0.5, 0.6) is 0 Å². The minimum absolute atomic E-state index is 0.0440. The highest BCUT2D eigenvalue weighted by Gasteiger charge is 2.41. The lowest BCUT2D eigenvalue weighted by molar-refractivity contribution is -0.116. The molecule has 5 rings (SSSR count). The fourth-order valence-corrected chi connectivity index (χ4v) is 5.45. The zero-order valence-electron chi connectivity index (χ0n) is 21.4. The summed E-state index contributed by atoms with van der Waals surface area (Å²) in [5.41, 5.74) is 5.93. The molecule has 38 heavy (non-hydrogen) atoms. The van der Waals surface area contributed by atoms with Gasteiger partial charge in [-0.2, -0.15) is 0 Å². The van der Waals surface area contributed by atoms with Gasteiger partial charge >= 0.3 is 0 Å². The van der Waals surface area contributed by atoms with Crippen molar-refractivity contribution in [1.29, 1.82) is 0 Å². The molecule has 194 valence electrons. The Morgan fingerprint density at radius 1 is 1.11 bits per heavy atom. The summed E-state index contributed by atoms with van der Waals surface area (Å²) in [7, 11) is 0. The molecule has 4 aromatic rings. The van der Waals surface area contributed by atoms with Crippen LogP contribution in [0.4, 0.5) is 5.69 Å². The third-order valence-electron chi connectivity index (χ3n) is 6.95. The van der Waals surface area contributed by atoms with E-state index in [-0.39, 0.29) is 18.0 Å². The fraction of sp³-hybridized carbons (Fsp3) is 0.233. The molecule has 0 unspecified atom stereocenters. The van der Waals surface area contributed by atoms with E-state index >= 15 is 0 Å². The first kappa shape index (κ1) is 25.9. The maximum atomic E-state index is 13.0. The van der Waals surface area contributed by atoms with Crippen molar-refractivity contribution < 1.29 is 4.79 Å². The summed E-state index contributed by atoms with van der Waals surface area (Å²) in [5.74, 6) is -0.0440. The highest BCUT2D eigenvalue weighted by molar-refractivity contribution is 7.80. The number of thiocarbonyl (C=S) groups is 1. The van der Waals surface area contributed by atoms with E-state index in [1.54, 1.807) is 6.20 Å². The topological polar surface area (TPSA) is 62.2 Å². The second-order valence-corrected chi connectivity index (χ2v) is 10.2. The van der Waals surface area contributed by atoms with Gasteiger partial charge < -0.3 is 20.1 Å². The van der Waals surface area contributed by atoms with Gasteiger partial charge in [0, 0.05) is 47.5 Å². The average molecular weight is 544 g/mol. The first-order chi connectivity index (χ1) is 18.5. The van der Waals surface area contributed by atoms with Gasteiger partial charge in [0.1, 0.15) is 0 Å². The van der Waals surface area contributed by atoms with Crippen molar-refractivity contribution >= 4 is 40.5 Å². The van der Waals surface area contributed by atoms with Crippen LogP contribution in [-0.2, 0) is 11.2 Å². The normalized spacial score (nSPS) is 16.9. The maximum Gasteiger partial charge on any atom is 0.226 e. The minimum Gasteiger partial charge on any atom is -0.352 e. The summed E-state index contributed by atoms with van der Waals surface area (Å²) in [6.45, 7) is 4.54. The Kier molecular flexibility index (Phi) is 7.77. The number of nitrogens with one attached hydrogen (secondary N) is 2. The Balaban J connectivity index is 1.45. The first-order valence-electron chi connectivity index (χ1n) is 12.8. The van der Waals surface area contributed by atoms with Gasteiger partial charge in [-0.25, -0.2) is 0 Å². The lowest BCUT2D eigenvalue weighted by Gasteiger charge is -2.29. The van der Waals surface area contributed by atoms with E-state index in [1.807, 2.05) is 73.8 Å². The summed E-state index contributed by atoms with van der Waals surface area (Å²) in [6, 6.07) is 23.6. The van der Waals surface area contributed by atoms with Gasteiger partial charge in [-0.15, -0.1) is 0 Å². The molecule has 2 aromatic carbocycles. The van der Waals surface area contributed by atoms with Crippen molar-refractivity contribution in [2.75, 3.05) is 11.9 Å². The van der Waals surface area contributed by atoms with Gasteiger partial charge in [0.15, 0.2) is 5.11 Å². The Morgan fingerprint density at radius 2 is 1.92 bits per heavy atom. The van der Waals surface area contributed by atoms with Crippen LogP contribution >= 0.6 is 23.8 Å². The highest BCUT2D eigenvalue weighted by Crippen LogP contribution is 2.39. The Morgan fingerprint density at radius 3 is 2.68 bits per heavy atom. The Labute approximate surface area is 233 Å². The summed E-state index contributed by atoms with van der Waals surface area (Å²) in [6.07, 6.45) is 4.99. The van der Waals surface area contributed by atoms with E-state index in [9.17, 15) is 4.79 Å². The molecule has 8 heteroatoms. The summed E-state index contributed by atoms with van der Waals surface area (Å²) in [4.78, 5) is 19.8. The molecule has 1 aliphatic heterocycles. The van der Waals surface area contributed by atoms with E-state index in [4.69, 9.17) is 23.8 Å². The van der Waals surface area contributed by atoms with Crippen molar-refractivity contribution in [1.82, 2.24) is 19.8 Å². The number of benzene rings is 2. The number of amides is 1. The number of pyridine rings is 1. The van der Waals surface area contributed by atoms with Crippen LogP contribution in [0.3, 0.4) is 0 Å². The number of rotatable bonds is 8. The molecule has 0 bridgehead atoms. The number of halogens is 1. The van der Waals surface area contributed by atoms with Crippen LogP contribution in [0.2, 0.25) is 5.02 Å². The predicted octanol–water partition coefficient (Wildman–Crippen LogP) is 6.40. The van der Waals surface area contributed by atoms with Gasteiger partial charge in [-0.3, -0.25) is 9.78 Å². The largest absolute Gasteiger partial charge is 0.352 e. The number of carbonyl (C=O) groups excluding carboxylic acids is 1. The van der Waals surface area contributed by atoms with E-state index in [1.165, 1.54) is 0 Å². The van der Waals surface area contributed by atoms with Crippen LogP contribution in [0.1, 0.15) is 47.9 Å². The van der Waals surface area contributed by atoms with Crippen molar-refractivity contribution in [3.8, 4) is 5.69 Å². The Hall–Kier alpha value is -3.68. The average Bonchev–Trinajstić information content (AvgIpc) is 3.54. The van der Waals surface area contributed by atoms with Gasteiger partial charge in [-0.05, 0) is 85.2 Å². The van der Waals surface area contributed by atoms with Crippen molar-refractivity contribution in [3.05, 3.63) is 113 Å². The summed E-state index contributed by atoms with van der Waals surface area (Å²) < 4.78 is 2.16. The molecular weight excluding hydrogens is 514 g/mol. The maximum absolute atomic E-state index is 13.0. The molecule has 6 nitrogen and oxygen atoms in total. The van der Waals surface area contributed by atoms with Gasteiger partial charge in [0.05, 0.1) is 17.8 Å². The monoisotopic (exact) mass is 543 g/mol. The molecule has 0 aliphatic carbocycles. The molecule has 0 radical (unpaired) electrons. The molecule has 2 N–H and O–H groups in total. The summed E-state index contributed by atoms with van der Waals surface area (Å²) in [5, 5.41) is 7.90. The molecule has 1 aliphatic rings. The summed E-state index contributed by atoms with van der Waals surface area (Å²) >= 11 is 12.1. The third-order valence-corrected chi connectivity index (χ3v) is 7.73. The SMILES string of the molecule is CCc1ccccc1NC(=O)CCN1C(=S)N[C@H](c2ccccn2)[C@@H]1c1cccn1-c1ccc(Cl)c(C)c1. The lowest BCUT2D eigenvalue weighted by atomic mass is 10.0. The standard InChI is InChI=1S/C30H30ClN5OS/c1-3-21-9-4-5-10-24(21)33-27(37)15-18-36-29(28(34-30(36)38)25-11-6-7-16-32-25)26-12-8-17-35(26)22-13-14-23(31)20(2)19-22/h4-14,16-17,19,28-29H,3,15,18H2,1-2H3,(H,33,37)(H,34,38)/t28-,29+/m1/s1. The molecule has 1 fully saturated rings. The van der Waals surface area contributed by atoms with Gasteiger partial charge in [0.2, 0.25) is 5.91 Å². The van der Waals surface area contributed by atoms with Crippen LogP contribution in [-0.4, -0.2) is 32.0 Å². The molecular formula is C30H30ClN5OS. The second kappa shape index (κ2) is 11.4.